The Balaban J connectivity index is 1.42. The van der Waals surface area contributed by atoms with Crippen LogP contribution in [0.1, 0.15) is 36.6 Å². The van der Waals surface area contributed by atoms with E-state index in [0.717, 1.165) is 30.6 Å². The van der Waals surface area contributed by atoms with Crippen molar-refractivity contribution in [3.05, 3.63) is 76.6 Å². The molecule has 1 saturated heterocycles. The van der Waals surface area contributed by atoms with Gasteiger partial charge < -0.3 is 19.7 Å². The minimum atomic E-state index is -0.109. The predicted octanol–water partition coefficient (Wildman–Crippen LogP) is 6.11. The van der Waals surface area contributed by atoms with Crippen LogP contribution in [-0.4, -0.2) is 35.1 Å². The van der Waals surface area contributed by atoms with Crippen LogP contribution in [0, 0.1) is 13.8 Å². The highest BCUT2D eigenvalue weighted by atomic mass is 35.5. The molecule has 1 N–H and O–H groups in total. The second kappa shape index (κ2) is 7.89. The third kappa shape index (κ3) is 3.27. The summed E-state index contributed by atoms with van der Waals surface area (Å²) in [5.41, 5.74) is 6.77. The molecule has 3 heterocycles. The van der Waals surface area contributed by atoms with Gasteiger partial charge in [-0.1, -0.05) is 23.7 Å². The summed E-state index contributed by atoms with van der Waals surface area (Å²) in [6.07, 6.45) is 3.94. The number of nitrogens with zero attached hydrogens (tertiary/aromatic N) is 3. The number of hydrogen-bond acceptors (Lipinski definition) is 2. The maximum Gasteiger partial charge on any atom is 0.321 e. The van der Waals surface area contributed by atoms with Crippen LogP contribution in [0.3, 0.4) is 0 Å². The largest absolute Gasteiger partial charge is 0.359 e. The molecule has 2 aromatic carbocycles. The number of urea groups is 1. The van der Waals surface area contributed by atoms with E-state index >= 15 is 0 Å². The van der Waals surface area contributed by atoms with Crippen LogP contribution in [0.2, 0.25) is 5.02 Å². The van der Waals surface area contributed by atoms with Gasteiger partial charge in [0.2, 0.25) is 0 Å². The molecule has 166 valence electrons. The highest BCUT2D eigenvalue weighted by Gasteiger charge is 2.46. The minimum absolute atomic E-state index is 0.0595. The van der Waals surface area contributed by atoms with E-state index in [1.807, 2.05) is 30.0 Å². The Hall–Kier alpha value is -2.92. The summed E-state index contributed by atoms with van der Waals surface area (Å²) >= 11 is 6.13. The van der Waals surface area contributed by atoms with Gasteiger partial charge in [0.1, 0.15) is 0 Å². The average molecular weight is 449 g/mol. The van der Waals surface area contributed by atoms with Crippen molar-refractivity contribution in [3.8, 4) is 5.69 Å². The zero-order valence-electron chi connectivity index (χ0n) is 18.9. The quantitative estimate of drug-likeness (QED) is 0.513. The van der Waals surface area contributed by atoms with Crippen molar-refractivity contribution in [2.75, 3.05) is 29.9 Å². The number of hydrogen-bond donors (Lipinski definition) is 1. The molecule has 2 aliphatic heterocycles. The number of halogens is 1. The zero-order chi connectivity index (χ0) is 22.5. The SMILES string of the molecule is CCN1c2cc(C)ccc2-n2cccc2C12CCN(C(=O)Nc1cc(Cl)ccc1C)CC2. The zero-order valence-corrected chi connectivity index (χ0v) is 19.6. The molecule has 0 saturated carbocycles. The molecule has 1 fully saturated rings. The number of carbonyl (C=O) groups is 1. The fourth-order valence-electron chi connectivity index (χ4n) is 5.39. The normalized spacial score (nSPS) is 16.6. The summed E-state index contributed by atoms with van der Waals surface area (Å²) in [5, 5.41) is 3.68. The molecule has 0 radical (unpaired) electrons. The summed E-state index contributed by atoms with van der Waals surface area (Å²) in [6, 6.07) is 16.6. The predicted molar refractivity (Wildman–Crippen MR) is 131 cm³/mol. The van der Waals surface area contributed by atoms with Crippen molar-refractivity contribution in [2.45, 2.75) is 39.2 Å². The number of benzene rings is 2. The van der Waals surface area contributed by atoms with Gasteiger partial charge in [-0.15, -0.1) is 0 Å². The number of aromatic nitrogens is 1. The third-order valence-corrected chi connectivity index (χ3v) is 7.29. The van der Waals surface area contributed by atoms with Crippen molar-refractivity contribution in [3.63, 3.8) is 0 Å². The Morgan fingerprint density at radius 3 is 2.59 bits per heavy atom. The molecule has 0 atom stereocenters. The first-order valence-corrected chi connectivity index (χ1v) is 11.7. The van der Waals surface area contributed by atoms with Crippen LogP contribution >= 0.6 is 11.6 Å². The van der Waals surface area contributed by atoms with Gasteiger partial charge in [-0.25, -0.2) is 4.79 Å². The molecule has 0 aliphatic carbocycles. The van der Waals surface area contributed by atoms with Crippen LogP contribution in [0.15, 0.2) is 54.7 Å². The van der Waals surface area contributed by atoms with E-state index < -0.39 is 0 Å². The number of rotatable bonds is 2. The molecule has 3 aromatic rings. The molecule has 0 unspecified atom stereocenters. The van der Waals surface area contributed by atoms with Crippen LogP contribution in [0.4, 0.5) is 16.2 Å². The van der Waals surface area contributed by atoms with Gasteiger partial charge in [-0.3, -0.25) is 0 Å². The molecule has 2 aliphatic rings. The summed E-state index contributed by atoms with van der Waals surface area (Å²) in [6.45, 7) is 8.69. The molecule has 5 rings (SSSR count). The van der Waals surface area contributed by atoms with E-state index in [2.05, 4.69) is 65.2 Å². The summed E-state index contributed by atoms with van der Waals surface area (Å²) in [7, 11) is 0. The molecular weight excluding hydrogens is 420 g/mol. The van der Waals surface area contributed by atoms with E-state index in [1.165, 1.54) is 22.6 Å². The van der Waals surface area contributed by atoms with E-state index in [0.29, 0.717) is 18.1 Å². The van der Waals surface area contributed by atoms with E-state index in [-0.39, 0.29) is 11.6 Å². The highest BCUT2D eigenvalue weighted by Crippen LogP contribution is 2.48. The molecule has 2 amide bonds. The monoisotopic (exact) mass is 448 g/mol. The van der Waals surface area contributed by atoms with Crippen LogP contribution in [0.25, 0.3) is 5.69 Å². The second-order valence-electron chi connectivity index (χ2n) is 8.91. The first kappa shape index (κ1) is 21.0. The summed E-state index contributed by atoms with van der Waals surface area (Å²) in [5.74, 6) is 0. The molecular formula is C26H29ClN4O. The minimum Gasteiger partial charge on any atom is -0.359 e. The fraction of sp³-hybridized carbons (Fsp3) is 0.346. The van der Waals surface area contributed by atoms with Crippen LogP contribution < -0.4 is 10.2 Å². The standard InChI is InChI=1S/C26H29ClN4O/c1-4-31-23-16-18(2)7-10-22(23)30-13-5-6-24(30)26(31)11-14-29(15-12-26)25(32)28-21-17-20(27)9-8-19(21)3/h5-10,13,16-17H,4,11-12,14-15H2,1-3H3,(H,28,32). The number of amides is 2. The molecule has 5 nitrogen and oxygen atoms in total. The number of fused-ring (bicyclic) bond motifs is 4. The second-order valence-corrected chi connectivity index (χ2v) is 9.34. The van der Waals surface area contributed by atoms with Gasteiger partial charge in [0.05, 0.1) is 16.9 Å². The molecule has 1 aromatic heterocycles. The van der Waals surface area contributed by atoms with E-state index in [9.17, 15) is 4.79 Å². The molecule has 0 bridgehead atoms. The highest BCUT2D eigenvalue weighted by molar-refractivity contribution is 6.31. The Morgan fingerprint density at radius 1 is 1.06 bits per heavy atom. The lowest BCUT2D eigenvalue weighted by atomic mass is 9.80. The smallest absolute Gasteiger partial charge is 0.321 e. The van der Waals surface area contributed by atoms with Gasteiger partial charge in [0.25, 0.3) is 0 Å². The maximum absolute atomic E-state index is 13.0. The first-order valence-electron chi connectivity index (χ1n) is 11.3. The maximum atomic E-state index is 13.0. The number of likely N-dealkylation sites (tertiary alicyclic amines) is 1. The van der Waals surface area contributed by atoms with E-state index in [4.69, 9.17) is 11.6 Å². The van der Waals surface area contributed by atoms with Gasteiger partial charge in [-0.05, 0) is 81.1 Å². The van der Waals surface area contributed by atoms with Crippen molar-refractivity contribution in [2.24, 2.45) is 0 Å². The number of nitrogens with one attached hydrogen (secondary N) is 1. The lowest BCUT2D eigenvalue weighted by Crippen LogP contribution is -2.57. The first-order chi connectivity index (χ1) is 15.4. The van der Waals surface area contributed by atoms with E-state index in [1.54, 1.807) is 0 Å². The lowest BCUT2D eigenvalue weighted by molar-refractivity contribution is 0.160. The number of anilines is 2. The molecule has 1 spiro atoms. The average Bonchev–Trinajstić information content (AvgIpc) is 3.28. The Bertz CT molecular complexity index is 1180. The van der Waals surface area contributed by atoms with Gasteiger partial charge in [0, 0.05) is 42.2 Å². The van der Waals surface area contributed by atoms with Crippen molar-refractivity contribution >= 4 is 29.0 Å². The molecule has 6 heteroatoms. The fourth-order valence-corrected chi connectivity index (χ4v) is 5.57. The van der Waals surface area contributed by atoms with Gasteiger partial charge in [0.15, 0.2) is 0 Å². The third-order valence-electron chi connectivity index (χ3n) is 7.06. The van der Waals surface area contributed by atoms with Gasteiger partial charge in [-0.2, -0.15) is 0 Å². The Kier molecular flexibility index (Phi) is 5.17. The molecule has 32 heavy (non-hydrogen) atoms. The summed E-state index contributed by atoms with van der Waals surface area (Å²) in [4.78, 5) is 17.5. The number of piperidine rings is 1. The topological polar surface area (TPSA) is 40.5 Å². The Labute approximate surface area is 194 Å². The Morgan fingerprint density at radius 2 is 1.84 bits per heavy atom. The van der Waals surface area contributed by atoms with Crippen molar-refractivity contribution < 1.29 is 4.79 Å². The van der Waals surface area contributed by atoms with Crippen molar-refractivity contribution in [1.82, 2.24) is 9.47 Å². The lowest BCUT2D eigenvalue weighted by Gasteiger charge is -2.53. The summed E-state index contributed by atoms with van der Waals surface area (Å²) < 4.78 is 2.34. The van der Waals surface area contributed by atoms with Crippen LogP contribution in [0.5, 0.6) is 0 Å². The number of aryl methyl sites for hydroxylation is 2. The van der Waals surface area contributed by atoms with Crippen molar-refractivity contribution in [1.29, 1.82) is 0 Å². The van der Waals surface area contributed by atoms with Crippen LogP contribution in [-0.2, 0) is 5.54 Å². The number of carbonyl (C=O) groups excluding carboxylic acids is 1. The van der Waals surface area contributed by atoms with Gasteiger partial charge >= 0.3 is 6.03 Å².